The number of hydrogen-bond donors (Lipinski definition) is 4. The maximum absolute atomic E-state index is 14.4. The number of anilines is 4. The second-order valence-corrected chi connectivity index (χ2v) is 12.5. The van der Waals surface area contributed by atoms with E-state index >= 15 is 0 Å². The molecule has 0 saturated heterocycles. The van der Waals surface area contributed by atoms with Crippen molar-refractivity contribution in [2.45, 2.75) is 25.9 Å². The van der Waals surface area contributed by atoms with Gasteiger partial charge in [0.15, 0.2) is 11.6 Å². The van der Waals surface area contributed by atoms with Gasteiger partial charge in [0.2, 0.25) is 0 Å². The number of benzene rings is 2. The SMILES string of the molecule is C[C@@H](Nc1ncnc(N)c1C#N)c1nc2c(F)cc(F)cc2n1-c1cccnc1.C[C@H](Nc1ncnc(N)c1C#N)c1nc2c(F)cc(F)cc2n1-c1cccnc1. The molecule has 0 amide bonds. The number of nitrogens with two attached hydrogens (primary N) is 2. The summed E-state index contributed by atoms with van der Waals surface area (Å²) >= 11 is 0. The van der Waals surface area contributed by atoms with Crippen molar-refractivity contribution in [3.63, 3.8) is 0 Å². The fraction of sp³-hybridized carbons (Fsp3) is 0.105. The molecule has 8 rings (SSSR count). The lowest BCUT2D eigenvalue weighted by atomic mass is 10.2. The first-order chi connectivity index (χ1) is 28.0. The minimum atomic E-state index is -0.778. The third kappa shape index (κ3) is 7.27. The predicted molar refractivity (Wildman–Crippen MR) is 204 cm³/mol. The zero-order valence-electron chi connectivity index (χ0n) is 30.3. The molecular formula is C38H28F4N16. The molecule has 0 saturated carbocycles. The van der Waals surface area contributed by atoms with Crippen LogP contribution in [0.25, 0.3) is 33.4 Å². The van der Waals surface area contributed by atoms with Crippen LogP contribution in [0.4, 0.5) is 40.8 Å². The average molecular weight is 785 g/mol. The second-order valence-electron chi connectivity index (χ2n) is 12.5. The summed E-state index contributed by atoms with van der Waals surface area (Å²) in [6.45, 7) is 3.50. The topological polar surface area (TPSA) is 237 Å². The predicted octanol–water partition coefficient (Wildman–Crippen LogP) is 6.23. The van der Waals surface area contributed by atoms with Crippen molar-refractivity contribution in [3.05, 3.63) is 132 Å². The van der Waals surface area contributed by atoms with E-state index in [-0.39, 0.29) is 56.5 Å². The van der Waals surface area contributed by atoms with Crippen LogP contribution in [0.3, 0.4) is 0 Å². The van der Waals surface area contributed by atoms with E-state index in [2.05, 4.69) is 50.5 Å². The fourth-order valence-electron chi connectivity index (χ4n) is 6.12. The van der Waals surface area contributed by atoms with Gasteiger partial charge in [0.25, 0.3) is 0 Å². The van der Waals surface area contributed by atoms with Crippen molar-refractivity contribution in [2.75, 3.05) is 22.1 Å². The lowest BCUT2D eigenvalue weighted by molar-refractivity contribution is 0.589. The van der Waals surface area contributed by atoms with Crippen molar-refractivity contribution in [3.8, 4) is 23.5 Å². The second kappa shape index (κ2) is 15.8. The molecule has 288 valence electrons. The third-order valence-corrected chi connectivity index (χ3v) is 8.67. The lowest BCUT2D eigenvalue weighted by Gasteiger charge is -2.17. The van der Waals surface area contributed by atoms with Crippen LogP contribution in [0, 0.1) is 45.9 Å². The summed E-state index contributed by atoms with van der Waals surface area (Å²) in [7, 11) is 0. The Balaban J connectivity index is 0.000000177. The maximum atomic E-state index is 14.4. The summed E-state index contributed by atoms with van der Waals surface area (Å²) in [5, 5.41) is 24.8. The highest BCUT2D eigenvalue weighted by Crippen LogP contribution is 2.32. The van der Waals surface area contributed by atoms with Crippen molar-refractivity contribution >= 4 is 45.3 Å². The molecule has 6 N–H and O–H groups in total. The number of hydrogen-bond acceptors (Lipinski definition) is 14. The number of nitrogen functional groups attached to an aromatic ring is 2. The van der Waals surface area contributed by atoms with Crippen LogP contribution >= 0.6 is 0 Å². The van der Waals surface area contributed by atoms with Gasteiger partial charge in [0.05, 0.1) is 46.9 Å². The van der Waals surface area contributed by atoms with E-state index in [1.54, 1.807) is 72.0 Å². The minimum Gasteiger partial charge on any atom is -0.382 e. The summed E-state index contributed by atoms with van der Waals surface area (Å²) in [5.74, 6) is -1.76. The molecule has 0 aliphatic carbocycles. The number of nitrogens with zero attached hydrogens (tertiary/aromatic N) is 12. The van der Waals surface area contributed by atoms with Crippen LogP contribution in [0.2, 0.25) is 0 Å². The van der Waals surface area contributed by atoms with Crippen LogP contribution in [0.15, 0.2) is 86.0 Å². The fourth-order valence-corrected chi connectivity index (χ4v) is 6.12. The first kappa shape index (κ1) is 38.0. The summed E-state index contributed by atoms with van der Waals surface area (Å²) in [5.41, 5.74) is 13.3. The number of nitrogens with one attached hydrogen (secondary N) is 2. The van der Waals surface area contributed by atoms with E-state index < -0.39 is 35.4 Å². The molecule has 0 aliphatic heterocycles. The molecule has 0 radical (unpaired) electrons. The van der Waals surface area contributed by atoms with Crippen LogP contribution < -0.4 is 22.1 Å². The molecule has 20 heteroatoms. The van der Waals surface area contributed by atoms with E-state index in [1.165, 1.54) is 24.8 Å². The molecule has 0 bridgehead atoms. The summed E-state index contributed by atoms with van der Waals surface area (Å²) < 4.78 is 59.8. The van der Waals surface area contributed by atoms with Crippen molar-refractivity contribution in [2.24, 2.45) is 0 Å². The molecule has 2 atom stereocenters. The molecule has 0 aliphatic rings. The van der Waals surface area contributed by atoms with Gasteiger partial charge in [-0.2, -0.15) is 10.5 Å². The van der Waals surface area contributed by atoms with E-state index in [1.807, 2.05) is 12.1 Å². The summed E-state index contributed by atoms with van der Waals surface area (Å²) in [4.78, 5) is 32.6. The molecule has 2 aromatic carbocycles. The Labute approximate surface area is 325 Å². The van der Waals surface area contributed by atoms with E-state index in [0.717, 1.165) is 12.1 Å². The van der Waals surface area contributed by atoms with Gasteiger partial charge in [-0.3, -0.25) is 19.1 Å². The quantitative estimate of drug-likeness (QED) is 0.125. The number of halogens is 4. The van der Waals surface area contributed by atoms with Gasteiger partial charge in [0.1, 0.15) is 93.5 Å². The number of nitriles is 2. The van der Waals surface area contributed by atoms with E-state index in [4.69, 9.17) is 11.5 Å². The first-order valence-corrected chi connectivity index (χ1v) is 17.1. The van der Waals surface area contributed by atoms with Crippen LogP contribution in [0.1, 0.15) is 48.7 Å². The zero-order chi connectivity index (χ0) is 41.1. The highest BCUT2D eigenvalue weighted by molar-refractivity contribution is 5.80. The average Bonchev–Trinajstić information content (AvgIpc) is 3.79. The molecule has 0 fully saturated rings. The Hall–Kier alpha value is -8.26. The van der Waals surface area contributed by atoms with Crippen LogP contribution in [0.5, 0.6) is 0 Å². The number of aromatic nitrogens is 10. The summed E-state index contributed by atoms with van der Waals surface area (Å²) in [6, 6.07) is 13.7. The number of fused-ring (bicyclic) bond motifs is 2. The Bertz CT molecular complexity index is 2690. The lowest BCUT2D eigenvalue weighted by Crippen LogP contribution is -2.15. The Kier molecular flexibility index (Phi) is 10.4. The Morgan fingerprint density at radius 3 is 1.41 bits per heavy atom. The Morgan fingerprint density at radius 2 is 1.05 bits per heavy atom. The van der Waals surface area contributed by atoms with Gasteiger partial charge in [-0.05, 0) is 38.1 Å². The third-order valence-electron chi connectivity index (χ3n) is 8.67. The van der Waals surface area contributed by atoms with Crippen molar-refractivity contribution < 1.29 is 17.6 Å². The molecule has 16 nitrogen and oxygen atoms in total. The number of imidazole rings is 2. The molecule has 6 heterocycles. The molecule has 0 unspecified atom stereocenters. The van der Waals surface area contributed by atoms with Gasteiger partial charge in [-0.1, -0.05) is 0 Å². The maximum Gasteiger partial charge on any atom is 0.153 e. The normalized spacial score (nSPS) is 11.9. The largest absolute Gasteiger partial charge is 0.382 e. The van der Waals surface area contributed by atoms with Gasteiger partial charge in [0, 0.05) is 36.7 Å². The highest BCUT2D eigenvalue weighted by atomic mass is 19.1. The van der Waals surface area contributed by atoms with Crippen LogP contribution in [-0.4, -0.2) is 49.0 Å². The van der Waals surface area contributed by atoms with E-state index in [0.29, 0.717) is 23.0 Å². The van der Waals surface area contributed by atoms with Gasteiger partial charge < -0.3 is 22.1 Å². The molecule has 6 aromatic heterocycles. The first-order valence-electron chi connectivity index (χ1n) is 17.1. The van der Waals surface area contributed by atoms with E-state index in [9.17, 15) is 28.1 Å². The molecule has 0 spiro atoms. The minimum absolute atomic E-state index is 0.0154. The van der Waals surface area contributed by atoms with Gasteiger partial charge >= 0.3 is 0 Å². The molecule has 8 aromatic rings. The highest BCUT2D eigenvalue weighted by Gasteiger charge is 2.24. The number of pyridine rings is 2. The molecule has 58 heavy (non-hydrogen) atoms. The van der Waals surface area contributed by atoms with Gasteiger partial charge in [-0.25, -0.2) is 47.5 Å². The molecular weight excluding hydrogens is 757 g/mol. The standard InChI is InChI=1S/2C19H14F2N8/c2*1-10(27-18-13(7-22)17(23)25-9-26-18)19-28-16-14(21)5-11(20)6-15(16)29(19)12-3-2-4-24-8-12/h2*2-6,8-10H,1H3,(H3,23,25,26,27)/t2*10-/m10/s1. The van der Waals surface area contributed by atoms with Crippen LogP contribution in [-0.2, 0) is 0 Å². The van der Waals surface area contributed by atoms with Crippen molar-refractivity contribution in [1.82, 2.24) is 49.0 Å². The van der Waals surface area contributed by atoms with Gasteiger partial charge in [-0.15, -0.1) is 0 Å². The summed E-state index contributed by atoms with van der Waals surface area (Å²) in [6.07, 6.45) is 8.75. The smallest absolute Gasteiger partial charge is 0.153 e. The number of rotatable bonds is 8. The zero-order valence-corrected chi connectivity index (χ0v) is 30.3. The monoisotopic (exact) mass is 784 g/mol. The Morgan fingerprint density at radius 1 is 0.638 bits per heavy atom. The van der Waals surface area contributed by atoms with Crippen molar-refractivity contribution in [1.29, 1.82) is 10.5 Å².